The maximum Gasteiger partial charge on any atom is 0.251 e. The Kier molecular flexibility index (Phi) is 4.60. The molecule has 1 N–H and O–H groups in total. The molecular formula is C28H26N2O2. The molecule has 160 valence electrons. The number of nitrogens with zero attached hydrogens (tertiary/aromatic N) is 1. The van der Waals surface area contributed by atoms with Crippen LogP contribution in [0.1, 0.15) is 63.7 Å². The van der Waals surface area contributed by atoms with Crippen LogP contribution < -0.4 is 10.2 Å². The van der Waals surface area contributed by atoms with Gasteiger partial charge in [0.25, 0.3) is 5.91 Å². The van der Waals surface area contributed by atoms with Crippen LogP contribution in [0.15, 0.2) is 72.8 Å². The number of nitrogens with one attached hydrogen (secondary N) is 1. The molecule has 1 atom stereocenters. The van der Waals surface area contributed by atoms with Gasteiger partial charge in [0.15, 0.2) is 0 Å². The summed E-state index contributed by atoms with van der Waals surface area (Å²) < 4.78 is 0. The molecule has 1 fully saturated rings. The highest BCUT2D eigenvalue weighted by Gasteiger charge is 2.42. The maximum atomic E-state index is 12.9. The molecule has 3 aliphatic carbocycles. The number of rotatable bonds is 4. The van der Waals surface area contributed by atoms with Crippen molar-refractivity contribution in [2.45, 2.75) is 31.1 Å². The highest BCUT2D eigenvalue weighted by molar-refractivity contribution is 5.97. The molecule has 0 spiro atoms. The van der Waals surface area contributed by atoms with Crippen LogP contribution in [0.5, 0.6) is 0 Å². The zero-order valence-electron chi connectivity index (χ0n) is 18.0. The van der Waals surface area contributed by atoms with Crippen molar-refractivity contribution < 1.29 is 9.59 Å². The molecule has 1 unspecified atom stereocenters. The second kappa shape index (κ2) is 7.63. The summed E-state index contributed by atoms with van der Waals surface area (Å²) in [5, 5.41) is 3.19. The number of anilines is 1. The summed E-state index contributed by atoms with van der Waals surface area (Å²) in [4.78, 5) is 26.6. The van der Waals surface area contributed by atoms with E-state index in [1.807, 2.05) is 24.3 Å². The summed E-state index contributed by atoms with van der Waals surface area (Å²) in [7, 11) is 0. The number of hydrogen-bond acceptors (Lipinski definition) is 2. The van der Waals surface area contributed by atoms with Crippen molar-refractivity contribution in [1.82, 2.24) is 5.32 Å². The predicted octanol–water partition coefficient (Wildman–Crippen LogP) is 4.84. The summed E-state index contributed by atoms with van der Waals surface area (Å²) in [5.41, 5.74) is 7.25. The van der Waals surface area contributed by atoms with Crippen molar-refractivity contribution in [3.63, 3.8) is 0 Å². The maximum absolute atomic E-state index is 12.9. The first kappa shape index (κ1) is 19.3. The predicted molar refractivity (Wildman–Crippen MR) is 125 cm³/mol. The molecule has 2 bridgehead atoms. The van der Waals surface area contributed by atoms with E-state index in [1.165, 1.54) is 22.3 Å². The molecule has 1 saturated heterocycles. The molecule has 7 rings (SSSR count). The average molecular weight is 423 g/mol. The topological polar surface area (TPSA) is 49.4 Å². The van der Waals surface area contributed by atoms with Gasteiger partial charge < -0.3 is 10.2 Å². The molecule has 1 heterocycles. The Morgan fingerprint density at radius 3 is 2.09 bits per heavy atom. The number of hydrogen-bond donors (Lipinski definition) is 1. The van der Waals surface area contributed by atoms with Gasteiger partial charge in [0.2, 0.25) is 5.91 Å². The van der Waals surface area contributed by atoms with Gasteiger partial charge in [0.05, 0.1) is 0 Å². The van der Waals surface area contributed by atoms with Crippen molar-refractivity contribution in [1.29, 1.82) is 0 Å². The van der Waals surface area contributed by atoms with Crippen molar-refractivity contribution in [2.75, 3.05) is 18.0 Å². The number of carbonyl (C=O) groups is 2. The van der Waals surface area contributed by atoms with Gasteiger partial charge in [0.1, 0.15) is 0 Å². The van der Waals surface area contributed by atoms with E-state index in [4.69, 9.17) is 0 Å². The average Bonchev–Trinajstić information content (AvgIpc) is 3.28. The van der Waals surface area contributed by atoms with Gasteiger partial charge in [-0.25, -0.2) is 0 Å². The first-order valence-corrected chi connectivity index (χ1v) is 11.6. The van der Waals surface area contributed by atoms with Crippen LogP contribution in [-0.4, -0.2) is 24.9 Å². The minimum Gasteiger partial charge on any atom is -0.352 e. The highest BCUT2D eigenvalue weighted by Crippen LogP contribution is 2.55. The fourth-order valence-corrected chi connectivity index (χ4v) is 6.00. The Morgan fingerprint density at radius 2 is 1.50 bits per heavy atom. The Balaban J connectivity index is 1.19. The molecule has 0 aromatic heterocycles. The summed E-state index contributed by atoms with van der Waals surface area (Å²) in [6.07, 6.45) is 2.57. The molecule has 4 aliphatic rings. The number of benzene rings is 3. The second-order valence-electron chi connectivity index (χ2n) is 9.19. The second-order valence-corrected chi connectivity index (χ2v) is 9.19. The van der Waals surface area contributed by atoms with Crippen molar-refractivity contribution in [3.05, 3.63) is 101 Å². The molecule has 0 radical (unpaired) electrons. The van der Waals surface area contributed by atoms with E-state index in [1.54, 1.807) is 4.90 Å². The highest BCUT2D eigenvalue weighted by atomic mass is 16.2. The monoisotopic (exact) mass is 422 g/mol. The van der Waals surface area contributed by atoms with E-state index in [2.05, 4.69) is 53.8 Å². The first-order chi connectivity index (χ1) is 15.7. The molecular weight excluding hydrogens is 396 g/mol. The smallest absolute Gasteiger partial charge is 0.251 e. The number of carbonyl (C=O) groups excluding carboxylic acids is 2. The van der Waals surface area contributed by atoms with Crippen LogP contribution in [0.2, 0.25) is 0 Å². The first-order valence-electron chi connectivity index (χ1n) is 11.6. The standard InChI is InChI=1S/C28H26N2O2/c31-26-10-5-15-30(26)20-13-11-18(12-14-20)28(32)29-17-19-16-25-21-6-1-3-8-23(21)27(19)24-9-4-2-7-22(24)25/h1-4,6-9,11-14,19,25,27H,5,10,15-17H2,(H,29,32). The van der Waals surface area contributed by atoms with Crippen LogP contribution in [0.4, 0.5) is 5.69 Å². The lowest BCUT2D eigenvalue weighted by Gasteiger charge is -2.45. The van der Waals surface area contributed by atoms with Crippen LogP contribution in [-0.2, 0) is 4.79 Å². The van der Waals surface area contributed by atoms with Gasteiger partial charge in [-0.2, -0.15) is 0 Å². The summed E-state index contributed by atoms with van der Waals surface area (Å²) >= 11 is 0. The van der Waals surface area contributed by atoms with Gasteiger partial charge >= 0.3 is 0 Å². The molecule has 3 aromatic rings. The minimum absolute atomic E-state index is 0.0488. The third kappa shape index (κ3) is 3.05. The number of fused-ring (bicyclic) bond motifs is 1. The molecule has 1 aliphatic heterocycles. The quantitative estimate of drug-likeness (QED) is 0.654. The zero-order valence-corrected chi connectivity index (χ0v) is 18.0. The lowest BCUT2D eigenvalue weighted by atomic mass is 9.59. The molecule has 3 aromatic carbocycles. The van der Waals surface area contributed by atoms with Crippen LogP contribution in [0, 0.1) is 5.92 Å². The van der Waals surface area contributed by atoms with Gasteiger partial charge in [-0.05, 0) is 65.3 Å². The lowest BCUT2D eigenvalue weighted by Crippen LogP contribution is -2.39. The van der Waals surface area contributed by atoms with Crippen molar-refractivity contribution in [2.24, 2.45) is 5.92 Å². The fourth-order valence-electron chi connectivity index (χ4n) is 6.00. The van der Waals surface area contributed by atoms with Crippen LogP contribution >= 0.6 is 0 Å². The molecule has 2 amide bonds. The minimum atomic E-state index is -0.0488. The van der Waals surface area contributed by atoms with Crippen molar-refractivity contribution >= 4 is 17.5 Å². The summed E-state index contributed by atoms with van der Waals surface area (Å²) in [6, 6.07) is 25.0. The van der Waals surface area contributed by atoms with E-state index in [-0.39, 0.29) is 11.8 Å². The Labute approximate surface area is 188 Å². The molecule has 4 nitrogen and oxygen atoms in total. The van der Waals surface area contributed by atoms with Gasteiger partial charge in [0, 0.05) is 42.6 Å². The van der Waals surface area contributed by atoms with E-state index in [9.17, 15) is 9.59 Å². The van der Waals surface area contributed by atoms with E-state index < -0.39 is 0 Å². The van der Waals surface area contributed by atoms with E-state index in [0.717, 1.165) is 25.1 Å². The SMILES string of the molecule is O=C(NCC1CC2c3ccccc3C1c1ccccc12)c1ccc(N2CCCC2=O)cc1. The van der Waals surface area contributed by atoms with Crippen molar-refractivity contribution in [3.8, 4) is 0 Å². The zero-order chi connectivity index (χ0) is 21.7. The van der Waals surface area contributed by atoms with Gasteiger partial charge in [-0.3, -0.25) is 9.59 Å². The van der Waals surface area contributed by atoms with E-state index in [0.29, 0.717) is 36.3 Å². The summed E-state index contributed by atoms with van der Waals surface area (Å²) in [6.45, 7) is 1.42. The molecule has 0 saturated carbocycles. The Bertz CT molecular complexity index is 1150. The summed E-state index contributed by atoms with van der Waals surface area (Å²) in [5.74, 6) is 1.24. The molecule has 4 heteroatoms. The normalized spacial score (nSPS) is 23.1. The Hall–Kier alpha value is -3.40. The van der Waals surface area contributed by atoms with Gasteiger partial charge in [-0.1, -0.05) is 48.5 Å². The number of amides is 2. The van der Waals surface area contributed by atoms with Crippen LogP contribution in [0.25, 0.3) is 0 Å². The fraction of sp³-hybridized carbons (Fsp3) is 0.286. The van der Waals surface area contributed by atoms with Gasteiger partial charge in [-0.15, -0.1) is 0 Å². The van der Waals surface area contributed by atoms with Crippen LogP contribution in [0.3, 0.4) is 0 Å². The molecule has 32 heavy (non-hydrogen) atoms. The van der Waals surface area contributed by atoms with E-state index >= 15 is 0 Å². The lowest BCUT2D eigenvalue weighted by molar-refractivity contribution is -0.117. The third-order valence-electron chi connectivity index (χ3n) is 7.46. The third-order valence-corrected chi connectivity index (χ3v) is 7.46. The Morgan fingerprint density at radius 1 is 0.875 bits per heavy atom. The largest absolute Gasteiger partial charge is 0.352 e.